The molecule has 1 amide bonds. The number of aryl methyl sites for hydroxylation is 1. The maximum absolute atomic E-state index is 14.8. The Morgan fingerprint density at radius 1 is 1.26 bits per heavy atom. The van der Waals surface area contributed by atoms with Gasteiger partial charge >= 0.3 is 0 Å². The fourth-order valence-corrected chi connectivity index (χ4v) is 6.71. The molecule has 5 nitrogen and oxygen atoms in total. The molecule has 0 spiro atoms. The monoisotopic (exact) mass is 452 g/mol. The van der Waals surface area contributed by atoms with E-state index in [4.69, 9.17) is 0 Å². The molecule has 2 bridgehead atoms. The van der Waals surface area contributed by atoms with E-state index in [-0.39, 0.29) is 46.2 Å². The van der Waals surface area contributed by atoms with Gasteiger partial charge in [0.2, 0.25) is 0 Å². The number of benzene rings is 1. The number of carbonyl (C=O) groups is 1. The Bertz CT molecular complexity index is 1180. The zero-order valence-electron chi connectivity index (χ0n) is 18.7. The molecule has 3 unspecified atom stereocenters. The lowest BCUT2D eigenvalue weighted by atomic mass is 9.68. The number of amides is 1. The first kappa shape index (κ1) is 22.2. The van der Waals surface area contributed by atoms with Gasteiger partial charge < -0.3 is 9.88 Å². The molecule has 2 aromatic rings. The van der Waals surface area contributed by atoms with Crippen LogP contribution in [0.1, 0.15) is 56.1 Å². The molecule has 1 heterocycles. The maximum atomic E-state index is 14.8. The molecule has 1 aromatic carbocycles. The van der Waals surface area contributed by atoms with E-state index in [1.54, 1.807) is 6.92 Å². The summed E-state index contributed by atoms with van der Waals surface area (Å²) in [6.07, 6.45) is 4.38. The van der Waals surface area contributed by atoms with Crippen molar-refractivity contribution in [2.45, 2.75) is 59.5 Å². The average molecular weight is 453 g/mol. The molecule has 4 rings (SSSR count). The van der Waals surface area contributed by atoms with Crippen LogP contribution in [0.5, 0.6) is 0 Å². The van der Waals surface area contributed by atoms with E-state index >= 15 is 0 Å². The molecule has 0 aliphatic heterocycles. The minimum Gasteiger partial charge on any atom is -0.348 e. The number of hydrogen-bond donors (Lipinski definition) is 1. The standard InChI is InChI=1S/C23H30F2N2O3S/c1-13-17(20(28)26-21-22(2,3)14-8-9-23(21,4)12-14)15-6-7-16(24)18(25)19(15)27(13)10-11-31(5,29)30/h6-7,14,21H,8-12H2,1-5H3,(H,26,28). The minimum absolute atomic E-state index is 0.0176. The van der Waals surface area contributed by atoms with Crippen LogP contribution in [0, 0.1) is 35.3 Å². The molecular weight excluding hydrogens is 422 g/mol. The highest BCUT2D eigenvalue weighted by atomic mass is 32.2. The molecule has 2 aliphatic rings. The number of fused-ring (bicyclic) bond motifs is 3. The first-order valence-electron chi connectivity index (χ1n) is 10.7. The number of nitrogens with one attached hydrogen (secondary N) is 1. The van der Waals surface area contributed by atoms with Crippen molar-refractivity contribution in [3.05, 3.63) is 35.0 Å². The van der Waals surface area contributed by atoms with Crippen molar-refractivity contribution in [2.75, 3.05) is 12.0 Å². The van der Waals surface area contributed by atoms with Gasteiger partial charge in [0.05, 0.1) is 16.8 Å². The summed E-state index contributed by atoms with van der Waals surface area (Å²) in [6, 6.07) is 2.39. The van der Waals surface area contributed by atoms with Gasteiger partial charge in [-0.3, -0.25) is 4.79 Å². The normalized spacial score (nSPS) is 27.2. The predicted molar refractivity (Wildman–Crippen MR) is 117 cm³/mol. The third-order valence-corrected chi connectivity index (χ3v) is 8.76. The van der Waals surface area contributed by atoms with E-state index in [1.165, 1.54) is 10.6 Å². The molecule has 1 aromatic heterocycles. The van der Waals surface area contributed by atoms with Gasteiger partial charge in [0.25, 0.3) is 5.91 Å². The molecule has 2 aliphatic carbocycles. The highest BCUT2D eigenvalue weighted by Crippen LogP contribution is 2.62. The Balaban J connectivity index is 1.78. The number of hydrogen-bond acceptors (Lipinski definition) is 3. The Kier molecular flexibility index (Phi) is 5.04. The SMILES string of the molecule is Cc1c(C(=O)NC2C3(C)CCC(C3)C2(C)C)c2ccc(F)c(F)c2n1CCS(C)(=O)=O. The van der Waals surface area contributed by atoms with Crippen molar-refractivity contribution in [2.24, 2.45) is 16.7 Å². The summed E-state index contributed by atoms with van der Waals surface area (Å²) < 4.78 is 53.6. The lowest BCUT2D eigenvalue weighted by Crippen LogP contribution is -2.52. The second kappa shape index (κ2) is 7.02. The summed E-state index contributed by atoms with van der Waals surface area (Å²) in [6.45, 7) is 8.18. The van der Waals surface area contributed by atoms with Crippen LogP contribution in [0.25, 0.3) is 10.9 Å². The fourth-order valence-electron chi connectivity index (χ4n) is 6.19. The third kappa shape index (κ3) is 3.47. The molecule has 2 saturated carbocycles. The third-order valence-electron chi connectivity index (χ3n) is 7.83. The second-order valence-electron chi connectivity index (χ2n) is 10.3. The van der Waals surface area contributed by atoms with Crippen molar-refractivity contribution >= 4 is 26.6 Å². The second-order valence-corrected chi connectivity index (χ2v) is 12.6. The molecule has 0 radical (unpaired) electrons. The van der Waals surface area contributed by atoms with Crippen molar-refractivity contribution in [1.82, 2.24) is 9.88 Å². The lowest BCUT2D eigenvalue weighted by molar-refractivity contribution is 0.0738. The quantitative estimate of drug-likeness (QED) is 0.739. The van der Waals surface area contributed by atoms with Gasteiger partial charge in [-0.25, -0.2) is 17.2 Å². The Hall–Kier alpha value is -1.96. The van der Waals surface area contributed by atoms with Crippen molar-refractivity contribution in [1.29, 1.82) is 0 Å². The van der Waals surface area contributed by atoms with Crippen molar-refractivity contribution < 1.29 is 22.0 Å². The molecule has 3 atom stereocenters. The van der Waals surface area contributed by atoms with Crippen LogP contribution in [0.4, 0.5) is 8.78 Å². The minimum atomic E-state index is -3.33. The lowest BCUT2D eigenvalue weighted by Gasteiger charge is -2.43. The molecule has 0 saturated heterocycles. The topological polar surface area (TPSA) is 68.2 Å². The zero-order chi connectivity index (χ0) is 22.9. The molecule has 2 fully saturated rings. The van der Waals surface area contributed by atoms with E-state index < -0.39 is 21.5 Å². The van der Waals surface area contributed by atoms with E-state index in [9.17, 15) is 22.0 Å². The molecular formula is C23H30F2N2O3S. The molecule has 8 heteroatoms. The van der Waals surface area contributed by atoms with Crippen LogP contribution in [0.15, 0.2) is 12.1 Å². The number of halogens is 2. The van der Waals surface area contributed by atoms with Gasteiger partial charge in [-0.2, -0.15) is 0 Å². The fraction of sp³-hybridized carbons (Fsp3) is 0.609. The van der Waals surface area contributed by atoms with E-state index in [1.807, 2.05) is 0 Å². The van der Waals surface area contributed by atoms with Gasteiger partial charge in [-0.1, -0.05) is 20.8 Å². The highest BCUT2D eigenvalue weighted by molar-refractivity contribution is 7.90. The Morgan fingerprint density at radius 3 is 2.52 bits per heavy atom. The number of carbonyl (C=O) groups excluding carboxylic acids is 1. The average Bonchev–Trinajstić information content (AvgIpc) is 3.24. The van der Waals surface area contributed by atoms with Crippen molar-refractivity contribution in [3.63, 3.8) is 0 Å². The number of sulfone groups is 1. The van der Waals surface area contributed by atoms with E-state index in [0.717, 1.165) is 31.6 Å². The van der Waals surface area contributed by atoms with Gasteiger partial charge in [-0.05, 0) is 55.1 Å². The predicted octanol–water partition coefficient (Wildman–Crippen LogP) is 4.22. The number of nitrogens with zero attached hydrogens (tertiary/aromatic N) is 1. The summed E-state index contributed by atoms with van der Waals surface area (Å²) in [5.74, 6) is -2.10. The molecule has 1 N–H and O–H groups in total. The highest BCUT2D eigenvalue weighted by Gasteiger charge is 2.59. The largest absolute Gasteiger partial charge is 0.348 e. The summed E-state index contributed by atoms with van der Waals surface area (Å²) in [5, 5.41) is 3.52. The Labute approximate surface area is 182 Å². The van der Waals surface area contributed by atoms with Crippen LogP contribution in [-0.2, 0) is 16.4 Å². The van der Waals surface area contributed by atoms with Gasteiger partial charge in [0, 0.05) is 29.9 Å². The first-order chi connectivity index (χ1) is 14.3. The molecule has 170 valence electrons. The van der Waals surface area contributed by atoms with E-state index in [0.29, 0.717) is 17.0 Å². The first-order valence-corrected chi connectivity index (χ1v) is 12.8. The maximum Gasteiger partial charge on any atom is 0.253 e. The number of aromatic nitrogens is 1. The summed E-state index contributed by atoms with van der Waals surface area (Å²) in [4.78, 5) is 13.5. The van der Waals surface area contributed by atoms with Crippen LogP contribution in [0.3, 0.4) is 0 Å². The summed E-state index contributed by atoms with van der Waals surface area (Å²) >= 11 is 0. The summed E-state index contributed by atoms with van der Waals surface area (Å²) in [5.41, 5.74) is 0.618. The van der Waals surface area contributed by atoms with Gasteiger partial charge in [0.1, 0.15) is 9.84 Å². The Morgan fingerprint density at radius 2 is 1.94 bits per heavy atom. The van der Waals surface area contributed by atoms with Crippen LogP contribution >= 0.6 is 0 Å². The molecule has 31 heavy (non-hydrogen) atoms. The van der Waals surface area contributed by atoms with Crippen LogP contribution in [0.2, 0.25) is 0 Å². The zero-order valence-corrected chi connectivity index (χ0v) is 19.5. The van der Waals surface area contributed by atoms with Crippen molar-refractivity contribution in [3.8, 4) is 0 Å². The van der Waals surface area contributed by atoms with Gasteiger partial charge in [0.15, 0.2) is 11.6 Å². The number of rotatable bonds is 5. The van der Waals surface area contributed by atoms with Gasteiger partial charge in [-0.15, -0.1) is 0 Å². The smallest absolute Gasteiger partial charge is 0.253 e. The van der Waals surface area contributed by atoms with Crippen LogP contribution < -0.4 is 5.32 Å². The van der Waals surface area contributed by atoms with Crippen LogP contribution in [-0.4, -0.2) is 36.9 Å². The summed E-state index contributed by atoms with van der Waals surface area (Å²) in [7, 11) is -3.33. The van der Waals surface area contributed by atoms with E-state index in [2.05, 4.69) is 26.1 Å².